The van der Waals surface area contributed by atoms with Crippen molar-refractivity contribution < 1.29 is 9.66 Å². The number of nitrogens with zero attached hydrogens (tertiary/aromatic N) is 3. The SMILES string of the molecule is COc1cc(N2CCC(CN3CCNCC3)CC2)ccc1[N+](=O)[O-]. The number of anilines is 1. The normalized spacial score (nSPS) is 20.1. The first-order valence-electron chi connectivity index (χ1n) is 8.68. The first kappa shape index (κ1) is 17.0. The summed E-state index contributed by atoms with van der Waals surface area (Å²) in [6, 6.07) is 5.16. The molecule has 7 heteroatoms. The standard InChI is InChI=1S/C17H26N4O3/c1-24-17-12-15(2-3-16(17)21(22)23)20-8-4-14(5-9-20)13-19-10-6-18-7-11-19/h2-3,12,14,18H,4-11,13H2,1H3. The highest BCUT2D eigenvalue weighted by Crippen LogP contribution is 2.33. The van der Waals surface area contributed by atoms with E-state index in [0.717, 1.165) is 50.9 Å². The number of nitrogens with one attached hydrogen (secondary N) is 1. The summed E-state index contributed by atoms with van der Waals surface area (Å²) in [7, 11) is 1.48. The zero-order valence-electron chi connectivity index (χ0n) is 14.2. The first-order valence-corrected chi connectivity index (χ1v) is 8.68. The minimum Gasteiger partial charge on any atom is -0.490 e. The molecule has 2 saturated heterocycles. The van der Waals surface area contributed by atoms with Gasteiger partial charge in [0, 0.05) is 63.6 Å². The van der Waals surface area contributed by atoms with Crippen LogP contribution in [0.4, 0.5) is 11.4 Å². The number of benzene rings is 1. The van der Waals surface area contributed by atoms with E-state index < -0.39 is 4.92 Å². The molecular formula is C17H26N4O3. The molecule has 0 aliphatic carbocycles. The molecule has 0 aromatic heterocycles. The average Bonchev–Trinajstić information content (AvgIpc) is 2.62. The predicted molar refractivity (Wildman–Crippen MR) is 93.9 cm³/mol. The molecule has 1 N–H and O–H groups in total. The van der Waals surface area contributed by atoms with E-state index >= 15 is 0 Å². The summed E-state index contributed by atoms with van der Waals surface area (Å²) in [5, 5.41) is 14.4. The number of piperidine rings is 1. The van der Waals surface area contributed by atoms with Crippen LogP contribution < -0.4 is 15.0 Å². The van der Waals surface area contributed by atoms with Gasteiger partial charge in [-0.1, -0.05) is 0 Å². The maximum Gasteiger partial charge on any atom is 0.311 e. The number of methoxy groups -OCH3 is 1. The average molecular weight is 334 g/mol. The van der Waals surface area contributed by atoms with Crippen LogP contribution >= 0.6 is 0 Å². The van der Waals surface area contributed by atoms with E-state index in [1.807, 2.05) is 6.07 Å². The zero-order chi connectivity index (χ0) is 16.9. The highest BCUT2D eigenvalue weighted by molar-refractivity contribution is 5.59. The highest BCUT2D eigenvalue weighted by Gasteiger charge is 2.24. The molecular weight excluding hydrogens is 308 g/mol. The van der Waals surface area contributed by atoms with Crippen molar-refractivity contribution in [1.82, 2.24) is 10.2 Å². The van der Waals surface area contributed by atoms with Crippen molar-refractivity contribution in [3.63, 3.8) is 0 Å². The lowest BCUT2D eigenvalue weighted by Gasteiger charge is -2.37. The number of nitro groups is 1. The Balaban J connectivity index is 1.57. The van der Waals surface area contributed by atoms with Gasteiger partial charge in [-0.05, 0) is 24.8 Å². The Kier molecular flexibility index (Phi) is 5.52. The van der Waals surface area contributed by atoms with Crippen LogP contribution in [0.3, 0.4) is 0 Å². The molecule has 2 aliphatic heterocycles. The van der Waals surface area contributed by atoms with Crippen LogP contribution in [0.25, 0.3) is 0 Å². The van der Waals surface area contributed by atoms with Gasteiger partial charge in [0.15, 0.2) is 5.75 Å². The summed E-state index contributed by atoms with van der Waals surface area (Å²) >= 11 is 0. The van der Waals surface area contributed by atoms with Crippen LogP contribution in [0.15, 0.2) is 18.2 Å². The maximum atomic E-state index is 11.0. The Morgan fingerprint density at radius 1 is 1.25 bits per heavy atom. The largest absolute Gasteiger partial charge is 0.490 e. The van der Waals surface area contributed by atoms with Gasteiger partial charge in [0.2, 0.25) is 0 Å². The quantitative estimate of drug-likeness (QED) is 0.653. The molecule has 2 aliphatic rings. The second-order valence-electron chi connectivity index (χ2n) is 6.59. The Morgan fingerprint density at radius 2 is 1.96 bits per heavy atom. The van der Waals surface area contributed by atoms with E-state index in [1.54, 1.807) is 12.1 Å². The van der Waals surface area contributed by atoms with Crippen molar-refractivity contribution in [2.75, 3.05) is 57.8 Å². The van der Waals surface area contributed by atoms with E-state index in [1.165, 1.54) is 26.5 Å². The van der Waals surface area contributed by atoms with E-state index in [4.69, 9.17) is 4.74 Å². The molecule has 3 rings (SSSR count). The number of hydrogen-bond acceptors (Lipinski definition) is 6. The molecule has 0 spiro atoms. The summed E-state index contributed by atoms with van der Waals surface area (Å²) in [6.45, 7) is 7.69. The minimum absolute atomic E-state index is 0.0230. The summed E-state index contributed by atoms with van der Waals surface area (Å²) < 4.78 is 5.18. The summed E-state index contributed by atoms with van der Waals surface area (Å²) in [6.07, 6.45) is 2.34. The first-order chi connectivity index (χ1) is 11.7. The third-order valence-corrected chi connectivity index (χ3v) is 5.07. The number of nitro benzene ring substituents is 1. The number of rotatable bonds is 5. The van der Waals surface area contributed by atoms with Crippen LogP contribution in [0, 0.1) is 16.0 Å². The second kappa shape index (κ2) is 7.81. The monoisotopic (exact) mass is 334 g/mol. The molecule has 0 atom stereocenters. The number of piperazine rings is 1. The van der Waals surface area contributed by atoms with Gasteiger partial charge in [-0.25, -0.2) is 0 Å². The molecule has 132 valence electrons. The lowest BCUT2D eigenvalue weighted by molar-refractivity contribution is -0.385. The smallest absolute Gasteiger partial charge is 0.311 e. The molecule has 0 saturated carbocycles. The van der Waals surface area contributed by atoms with Gasteiger partial charge in [0.1, 0.15) is 0 Å². The van der Waals surface area contributed by atoms with Crippen molar-refractivity contribution in [3.8, 4) is 5.75 Å². The van der Waals surface area contributed by atoms with Gasteiger partial charge in [-0.3, -0.25) is 10.1 Å². The van der Waals surface area contributed by atoms with Crippen LogP contribution in [0.2, 0.25) is 0 Å². The second-order valence-corrected chi connectivity index (χ2v) is 6.59. The molecule has 0 bridgehead atoms. The fourth-order valence-electron chi connectivity index (χ4n) is 3.65. The van der Waals surface area contributed by atoms with Gasteiger partial charge in [-0.15, -0.1) is 0 Å². The highest BCUT2D eigenvalue weighted by atomic mass is 16.6. The Labute approximate surface area is 142 Å². The van der Waals surface area contributed by atoms with Gasteiger partial charge >= 0.3 is 5.69 Å². The van der Waals surface area contributed by atoms with Gasteiger partial charge < -0.3 is 19.9 Å². The molecule has 7 nitrogen and oxygen atoms in total. The number of hydrogen-bond donors (Lipinski definition) is 1. The Bertz CT molecular complexity index is 567. The van der Waals surface area contributed by atoms with Crippen molar-refractivity contribution in [2.24, 2.45) is 5.92 Å². The molecule has 0 unspecified atom stereocenters. The topological polar surface area (TPSA) is 70.9 Å². The summed E-state index contributed by atoms with van der Waals surface area (Å²) in [4.78, 5) is 15.5. The van der Waals surface area contributed by atoms with Crippen molar-refractivity contribution in [2.45, 2.75) is 12.8 Å². The van der Waals surface area contributed by atoms with Crippen LogP contribution in [-0.2, 0) is 0 Å². The molecule has 24 heavy (non-hydrogen) atoms. The zero-order valence-corrected chi connectivity index (χ0v) is 14.2. The van der Waals surface area contributed by atoms with Gasteiger partial charge in [0.25, 0.3) is 0 Å². The fourth-order valence-corrected chi connectivity index (χ4v) is 3.65. The minimum atomic E-state index is -0.400. The molecule has 1 aromatic carbocycles. The third-order valence-electron chi connectivity index (χ3n) is 5.07. The fraction of sp³-hybridized carbons (Fsp3) is 0.647. The van der Waals surface area contributed by atoms with E-state index in [9.17, 15) is 10.1 Å². The van der Waals surface area contributed by atoms with E-state index in [2.05, 4.69) is 15.1 Å². The molecule has 1 aromatic rings. The third kappa shape index (κ3) is 3.96. The Morgan fingerprint density at radius 3 is 2.58 bits per heavy atom. The lowest BCUT2D eigenvalue weighted by atomic mass is 9.95. The van der Waals surface area contributed by atoms with Gasteiger partial charge in [0.05, 0.1) is 12.0 Å². The molecule has 2 fully saturated rings. The van der Waals surface area contributed by atoms with Crippen molar-refractivity contribution in [1.29, 1.82) is 0 Å². The molecule has 0 amide bonds. The maximum absolute atomic E-state index is 11.0. The number of ether oxygens (including phenoxy) is 1. The van der Waals surface area contributed by atoms with E-state index in [0.29, 0.717) is 5.75 Å². The van der Waals surface area contributed by atoms with Crippen LogP contribution in [-0.4, -0.2) is 62.7 Å². The Hall–Kier alpha value is -1.86. The van der Waals surface area contributed by atoms with Crippen molar-refractivity contribution >= 4 is 11.4 Å². The van der Waals surface area contributed by atoms with Crippen LogP contribution in [0.1, 0.15) is 12.8 Å². The van der Waals surface area contributed by atoms with Crippen molar-refractivity contribution in [3.05, 3.63) is 28.3 Å². The predicted octanol–water partition coefficient (Wildman–Crippen LogP) is 1.72. The molecule has 2 heterocycles. The molecule has 0 radical (unpaired) electrons. The summed E-state index contributed by atoms with van der Waals surface area (Å²) in [5.74, 6) is 1.08. The summed E-state index contributed by atoms with van der Waals surface area (Å²) in [5.41, 5.74) is 1.04. The van der Waals surface area contributed by atoms with Crippen LogP contribution in [0.5, 0.6) is 5.75 Å². The lowest BCUT2D eigenvalue weighted by Crippen LogP contribution is -2.46. The van der Waals surface area contributed by atoms with E-state index in [-0.39, 0.29) is 5.69 Å². The van der Waals surface area contributed by atoms with Gasteiger partial charge in [-0.2, -0.15) is 0 Å².